The average molecular weight is 199 g/mol. The Morgan fingerprint density at radius 1 is 1.50 bits per heavy atom. The van der Waals surface area contributed by atoms with Crippen LogP contribution in [-0.2, 0) is 11.3 Å². The minimum absolute atomic E-state index is 0.0894. The number of rotatable bonds is 3. The molecule has 3 nitrogen and oxygen atoms in total. The first-order valence-corrected chi connectivity index (χ1v) is 3.75. The minimum atomic E-state index is -0.841. The Balaban J connectivity index is 3.13. The Morgan fingerprint density at radius 3 is 2.79 bits per heavy atom. The highest BCUT2D eigenvalue weighted by atomic mass is 19.1. The lowest BCUT2D eigenvalue weighted by atomic mass is 10.2. The van der Waals surface area contributed by atoms with Gasteiger partial charge in [0.1, 0.15) is 0 Å². The van der Waals surface area contributed by atoms with Crippen molar-refractivity contribution in [1.29, 1.82) is 0 Å². The van der Waals surface area contributed by atoms with Gasteiger partial charge in [-0.15, -0.1) is 0 Å². The van der Waals surface area contributed by atoms with Gasteiger partial charge in [0.2, 0.25) is 6.08 Å². The lowest BCUT2D eigenvalue weighted by Gasteiger charge is -2.05. The Labute approximate surface area is 79.0 Å². The van der Waals surface area contributed by atoms with E-state index in [4.69, 9.17) is 0 Å². The Bertz CT molecular complexity index is 387. The highest BCUT2D eigenvalue weighted by molar-refractivity contribution is 5.36. The van der Waals surface area contributed by atoms with E-state index in [2.05, 4.69) is 9.73 Å². The van der Waals surface area contributed by atoms with Crippen molar-refractivity contribution < 1.29 is 18.3 Å². The first-order valence-electron chi connectivity index (χ1n) is 3.75. The number of carbonyl (C=O) groups excluding carboxylic acids is 1. The second kappa shape index (κ2) is 4.48. The smallest absolute Gasteiger partial charge is 0.235 e. The second-order valence-electron chi connectivity index (χ2n) is 2.46. The standard InChI is InChI=1S/C9H7F2NO2/c1-14-9-7(10)3-2-6(8(9)11)4-12-5-13/h2-3H,4H2,1H3. The lowest BCUT2D eigenvalue weighted by Crippen LogP contribution is -1.97. The number of halogens is 2. The summed E-state index contributed by atoms with van der Waals surface area (Å²) >= 11 is 0. The molecule has 0 spiro atoms. The monoisotopic (exact) mass is 199 g/mol. The van der Waals surface area contributed by atoms with Gasteiger partial charge < -0.3 is 4.74 Å². The van der Waals surface area contributed by atoms with Crippen molar-refractivity contribution in [3.63, 3.8) is 0 Å². The van der Waals surface area contributed by atoms with Gasteiger partial charge in [0.25, 0.3) is 0 Å². The van der Waals surface area contributed by atoms with Gasteiger partial charge in [0, 0.05) is 5.56 Å². The second-order valence-corrected chi connectivity index (χ2v) is 2.46. The van der Waals surface area contributed by atoms with Crippen molar-refractivity contribution in [2.45, 2.75) is 6.54 Å². The summed E-state index contributed by atoms with van der Waals surface area (Å²) in [6, 6.07) is 2.26. The molecule has 0 unspecified atom stereocenters. The van der Waals surface area contributed by atoms with Crippen molar-refractivity contribution in [3.8, 4) is 5.75 Å². The highest BCUT2D eigenvalue weighted by Crippen LogP contribution is 2.24. The molecule has 0 saturated heterocycles. The lowest BCUT2D eigenvalue weighted by molar-refractivity contribution is 0.357. The van der Waals surface area contributed by atoms with Crippen LogP contribution in [0.1, 0.15) is 5.56 Å². The number of hydrogen-bond acceptors (Lipinski definition) is 3. The fraction of sp³-hybridized carbons (Fsp3) is 0.222. The molecule has 0 aliphatic heterocycles. The van der Waals surface area contributed by atoms with Gasteiger partial charge in [0.05, 0.1) is 13.7 Å². The summed E-state index contributed by atoms with van der Waals surface area (Å²) in [6.07, 6.45) is 1.27. The zero-order chi connectivity index (χ0) is 10.6. The third-order valence-electron chi connectivity index (χ3n) is 1.65. The molecule has 0 heterocycles. The van der Waals surface area contributed by atoms with Crippen LogP contribution in [0.15, 0.2) is 17.1 Å². The fourth-order valence-corrected chi connectivity index (χ4v) is 1.000. The van der Waals surface area contributed by atoms with E-state index < -0.39 is 17.4 Å². The Kier molecular flexibility index (Phi) is 3.31. The number of methoxy groups -OCH3 is 1. The molecule has 0 bridgehead atoms. The first kappa shape index (κ1) is 10.3. The molecule has 5 heteroatoms. The van der Waals surface area contributed by atoms with Gasteiger partial charge in [-0.05, 0) is 6.07 Å². The molecule has 0 atom stereocenters. The molecule has 74 valence electrons. The van der Waals surface area contributed by atoms with E-state index in [0.717, 1.165) is 13.2 Å². The summed E-state index contributed by atoms with van der Waals surface area (Å²) < 4.78 is 30.7. The third kappa shape index (κ3) is 1.95. The molecule has 14 heavy (non-hydrogen) atoms. The zero-order valence-electron chi connectivity index (χ0n) is 7.38. The molecular formula is C9H7F2NO2. The molecule has 0 aliphatic carbocycles. The molecule has 0 aliphatic rings. The number of hydrogen-bond donors (Lipinski definition) is 0. The molecule has 0 fully saturated rings. The van der Waals surface area contributed by atoms with E-state index in [1.54, 1.807) is 0 Å². The van der Waals surface area contributed by atoms with Crippen molar-refractivity contribution in [2.24, 2.45) is 4.99 Å². The number of isocyanates is 1. The van der Waals surface area contributed by atoms with E-state index >= 15 is 0 Å². The predicted molar refractivity (Wildman–Crippen MR) is 44.7 cm³/mol. The van der Waals surface area contributed by atoms with Crippen molar-refractivity contribution in [3.05, 3.63) is 29.3 Å². The fourth-order valence-electron chi connectivity index (χ4n) is 1.000. The molecule has 0 amide bonds. The van der Waals surface area contributed by atoms with Crippen LogP contribution in [0.2, 0.25) is 0 Å². The Hall–Kier alpha value is -1.74. The highest BCUT2D eigenvalue weighted by Gasteiger charge is 2.13. The van der Waals surface area contributed by atoms with Crippen LogP contribution in [0.5, 0.6) is 5.75 Å². The van der Waals surface area contributed by atoms with Crippen molar-refractivity contribution in [1.82, 2.24) is 0 Å². The minimum Gasteiger partial charge on any atom is -0.491 e. The van der Waals surface area contributed by atoms with Crippen LogP contribution in [0, 0.1) is 11.6 Å². The quantitative estimate of drug-likeness (QED) is 0.550. The third-order valence-corrected chi connectivity index (χ3v) is 1.65. The molecule has 1 aromatic carbocycles. The van der Waals surface area contributed by atoms with Crippen LogP contribution >= 0.6 is 0 Å². The SMILES string of the molecule is COc1c(F)ccc(CN=C=O)c1F. The molecule has 0 N–H and O–H groups in total. The molecule has 0 saturated carbocycles. The van der Waals surface area contributed by atoms with Gasteiger partial charge >= 0.3 is 0 Å². The van der Waals surface area contributed by atoms with Crippen LogP contribution < -0.4 is 4.74 Å². The number of benzene rings is 1. The predicted octanol–water partition coefficient (Wildman–Crippen LogP) is 1.81. The zero-order valence-corrected chi connectivity index (χ0v) is 7.38. The summed E-state index contributed by atoms with van der Waals surface area (Å²) in [5.41, 5.74) is 0.0894. The van der Waals surface area contributed by atoms with Gasteiger partial charge in [-0.25, -0.2) is 18.6 Å². The maximum absolute atomic E-state index is 13.3. The van der Waals surface area contributed by atoms with Gasteiger partial charge in [-0.2, -0.15) is 0 Å². The van der Waals surface area contributed by atoms with Crippen LogP contribution in [0.4, 0.5) is 8.78 Å². The van der Waals surface area contributed by atoms with E-state index in [9.17, 15) is 13.6 Å². The summed E-state index contributed by atoms with van der Waals surface area (Å²) in [7, 11) is 1.16. The first-order chi connectivity index (χ1) is 6.70. The molecule has 1 aromatic rings. The number of aliphatic imine (C=N–C) groups is 1. The van der Waals surface area contributed by atoms with Crippen LogP contribution in [0.3, 0.4) is 0 Å². The molecule has 1 rings (SSSR count). The average Bonchev–Trinajstić information content (AvgIpc) is 2.18. The van der Waals surface area contributed by atoms with Gasteiger partial charge in [0.15, 0.2) is 17.4 Å². The van der Waals surface area contributed by atoms with E-state index in [1.807, 2.05) is 0 Å². The summed E-state index contributed by atoms with van der Waals surface area (Å²) in [4.78, 5) is 13.0. The van der Waals surface area contributed by atoms with Crippen LogP contribution in [-0.4, -0.2) is 13.2 Å². The summed E-state index contributed by atoms with van der Waals surface area (Å²) in [5, 5.41) is 0. The maximum atomic E-state index is 13.3. The van der Waals surface area contributed by atoms with Crippen LogP contribution in [0.25, 0.3) is 0 Å². The molecule has 0 aromatic heterocycles. The summed E-state index contributed by atoms with van der Waals surface area (Å²) in [5.74, 6) is -2.10. The maximum Gasteiger partial charge on any atom is 0.235 e. The number of ether oxygens (including phenoxy) is 1. The summed E-state index contributed by atoms with van der Waals surface area (Å²) in [6.45, 7) is -0.175. The van der Waals surface area contributed by atoms with Gasteiger partial charge in [-0.3, -0.25) is 0 Å². The van der Waals surface area contributed by atoms with E-state index in [1.165, 1.54) is 12.1 Å². The van der Waals surface area contributed by atoms with E-state index in [-0.39, 0.29) is 12.1 Å². The van der Waals surface area contributed by atoms with Gasteiger partial charge in [-0.1, -0.05) is 6.07 Å². The molecular weight excluding hydrogens is 192 g/mol. The number of nitrogens with zero attached hydrogens (tertiary/aromatic N) is 1. The topological polar surface area (TPSA) is 38.7 Å². The largest absolute Gasteiger partial charge is 0.491 e. The normalized spacial score (nSPS) is 9.36. The van der Waals surface area contributed by atoms with Crippen molar-refractivity contribution in [2.75, 3.05) is 7.11 Å². The molecule has 0 radical (unpaired) electrons. The van der Waals surface area contributed by atoms with E-state index in [0.29, 0.717) is 0 Å². The van der Waals surface area contributed by atoms with Crippen molar-refractivity contribution >= 4 is 6.08 Å². The Morgan fingerprint density at radius 2 is 2.21 bits per heavy atom.